The Morgan fingerprint density at radius 1 is 1.04 bits per heavy atom. The quantitative estimate of drug-likeness (QED) is 0.171. The molecule has 0 aliphatic carbocycles. The van der Waals surface area contributed by atoms with Gasteiger partial charge in [-0.25, -0.2) is 0 Å². The highest BCUT2D eigenvalue weighted by atomic mass is 35.5. The fourth-order valence-corrected chi connectivity index (χ4v) is 2.78. The first kappa shape index (κ1) is 24.6. The average Bonchev–Trinajstić information content (AvgIpc) is 2.66. The van der Waals surface area contributed by atoms with Crippen LogP contribution in [0.25, 0.3) is 0 Å². The zero-order chi connectivity index (χ0) is 20.6. The van der Waals surface area contributed by atoms with Crippen molar-refractivity contribution in [2.24, 2.45) is 5.16 Å². The summed E-state index contributed by atoms with van der Waals surface area (Å²) < 4.78 is 11.9. The van der Waals surface area contributed by atoms with Crippen molar-refractivity contribution in [3.05, 3.63) is 33.8 Å². The molecule has 28 heavy (non-hydrogen) atoms. The number of oxime groups is 1. The van der Waals surface area contributed by atoms with Crippen LogP contribution in [-0.2, 0) is 11.3 Å². The van der Waals surface area contributed by atoms with E-state index in [-0.39, 0.29) is 4.49 Å². The second-order valence-electron chi connectivity index (χ2n) is 6.56. The van der Waals surface area contributed by atoms with Gasteiger partial charge < -0.3 is 14.3 Å². The van der Waals surface area contributed by atoms with Gasteiger partial charge in [0.2, 0.25) is 0 Å². The summed E-state index contributed by atoms with van der Waals surface area (Å²) in [6.07, 6.45) is 10.8. The van der Waals surface area contributed by atoms with Crippen LogP contribution in [0.1, 0.15) is 63.5 Å². The van der Waals surface area contributed by atoms with E-state index in [4.69, 9.17) is 37.5 Å². The van der Waals surface area contributed by atoms with E-state index < -0.39 is 0 Å². The van der Waals surface area contributed by atoms with E-state index in [1.807, 2.05) is 25.3 Å². The monoisotopic (exact) mass is 429 g/mol. The van der Waals surface area contributed by atoms with Crippen molar-refractivity contribution in [1.82, 2.24) is 0 Å². The van der Waals surface area contributed by atoms with Crippen molar-refractivity contribution < 1.29 is 14.3 Å². The molecular weight excluding hydrogens is 397 g/mol. The van der Waals surface area contributed by atoms with Crippen LogP contribution in [0, 0.1) is 6.92 Å². The molecule has 1 aromatic rings. The summed E-state index contributed by atoms with van der Waals surface area (Å²) in [7, 11) is 0. The van der Waals surface area contributed by atoms with Crippen molar-refractivity contribution in [2.45, 2.75) is 65.7 Å². The summed E-state index contributed by atoms with van der Waals surface area (Å²) in [4.78, 5) is 5.28. The van der Waals surface area contributed by atoms with Crippen LogP contribution in [-0.4, -0.2) is 26.0 Å². The Hall–Kier alpha value is -1.39. The van der Waals surface area contributed by atoms with E-state index in [0.29, 0.717) is 19.8 Å². The molecule has 0 aromatic heterocycles. The third-order valence-electron chi connectivity index (χ3n) is 4.16. The summed E-state index contributed by atoms with van der Waals surface area (Å²) >= 11 is 11.2. The van der Waals surface area contributed by atoms with Gasteiger partial charge in [0, 0.05) is 6.21 Å². The highest BCUT2D eigenvalue weighted by Crippen LogP contribution is 2.30. The van der Waals surface area contributed by atoms with Gasteiger partial charge in [-0.15, -0.1) is 0 Å². The number of rotatable bonds is 15. The van der Waals surface area contributed by atoms with Gasteiger partial charge in [-0.05, 0) is 68.4 Å². The molecule has 0 saturated carbocycles. The van der Waals surface area contributed by atoms with Gasteiger partial charge in [-0.2, -0.15) is 0 Å². The smallest absolute Gasteiger partial charge is 0.125 e. The van der Waals surface area contributed by atoms with Crippen LogP contribution in [0.5, 0.6) is 11.5 Å². The van der Waals surface area contributed by atoms with Crippen LogP contribution in [0.4, 0.5) is 0 Å². The molecular formula is C22H33Cl2NO3. The van der Waals surface area contributed by atoms with Crippen molar-refractivity contribution in [3.63, 3.8) is 0 Å². The van der Waals surface area contributed by atoms with Gasteiger partial charge in [0.1, 0.15) is 29.2 Å². The standard InChI is InChI=1S/C22H33Cl2NO3/c1-4-6-7-8-12-25-28-14-10-9-13-27-22-18(3)16-20(17-19(22)5-2)26-15-11-21(23)24/h11-12,16-17H,4-10,13-15H2,1-3H3/b25-12+. The maximum absolute atomic E-state index is 6.02. The van der Waals surface area contributed by atoms with Crippen LogP contribution in [0.2, 0.25) is 0 Å². The maximum Gasteiger partial charge on any atom is 0.125 e. The Balaban J connectivity index is 2.34. The number of hydrogen-bond donors (Lipinski definition) is 0. The molecule has 0 atom stereocenters. The van der Waals surface area contributed by atoms with Gasteiger partial charge in [-0.3, -0.25) is 0 Å². The predicted octanol–water partition coefficient (Wildman–Crippen LogP) is 7.00. The number of ether oxygens (including phenoxy) is 2. The second kappa shape index (κ2) is 15.5. The molecule has 0 N–H and O–H groups in total. The van der Waals surface area contributed by atoms with E-state index >= 15 is 0 Å². The highest BCUT2D eigenvalue weighted by Gasteiger charge is 2.09. The molecule has 0 bridgehead atoms. The summed E-state index contributed by atoms with van der Waals surface area (Å²) in [5.74, 6) is 1.73. The van der Waals surface area contributed by atoms with E-state index in [1.165, 1.54) is 19.3 Å². The third kappa shape index (κ3) is 10.8. The molecule has 6 heteroatoms. The molecule has 0 saturated heterocycles. The van der Waals surface area contributed by atoms with Crippen molar-refractivity contribution >= 4 is 29.4 Å². The van der Waals surface area contributed by atoms with Crippen LogP contribution in [0.3, 0.4) is 0 Å². The molecule has 0 aliphatic heterocycles. The van der Waals surface area contributed by atoms with E-state index in [1.54, 1.807) is 6.08 Å². The SMILES string of the molecule is CCCCC/C=N/OCCCCOc1c(C)cc(OCC=C(Cl)Cl)cc1CC. The van der Waals surface area contributed by atoms with Crippen LogP contribution in [0.15, 0.2) is 27.9 Å². The minimum Gasteiger partial charge on any atom is -0.493 e. The predicted molar refractivity (Wildman–Crippen MR) is 119 cm³/mol. The largest absolute Gasteiger partial charge is 0.493 e. The average molecular weight is 430 g/mol. The highest BCUT2D eigenvalue weighted by molar-refractivity contribution is 6.55. The number of hydrogen-bond acceptors (Lipinski definition) is 4. The first-order valence-electron chi connectivity index (χ1n) is 10.1. The van der Waals surface area contributed by atoms with Crippen molar-refractivity contribution in [1.29, 1.82) is 0 Å². The molecule has 0 spiro atoms. The fourth-order valence-electron chi connectivity index (χ4n) is 2.65. The zero-order valence-corrected chi connectivity index (χ0v) is 18.8. The Morgan fingerprint density at radius 3 is 2.54 bits per heavy atom. The van der Waals surface area contributed by atoms with Gasteiger partial charge in [0.15, 0.2) is 0 Å². The summed E-state index contributed by atoms with van der Waals surface area (Å²) in [5.41, 5.74) is 2.19. The molecule has 1 aromatic carbocycles. The van der Waals surface area contributed by atoms with E-state index in [2.05, 4.69) is 19.0 Å². The van der Waals surface area contributed by atoms with Crippen molar-refractivity contribution in [3.8, 4) is 11.5 Å². The topological polar surface area (TPSA) is 40.0 Å². The molecule has 0 aliphatic rings. The van der Waals surface area contributed by atoms with E-state index in [0.717, 1.165) is 48.3 Å². The Morgan fingerprint density at radius 2 is 1.82 bits per heavy atom. The van der Waals surface area contributed by atoms with Crippen molar-refractivity contribution in [2.75, 3.05) is 19.8 Å². The molecule has 0 amide bonds. The summed E-state index contributed by atoms with van der Waals surface area (Å²) in [5, 5.41) is 3.99. The lowest BCUT2D eigenvalue weighted by Crippen LogP contribution is -2.04. The minimum atomic E-state index is 0.207. The number of benzene rings is 1. The fraction of sp³-hybridized carbons (Fsp3) is 0.591. The molecule has 0 unspecified atom stereocenters. The number of aryl methyl sites for hydroxylation is 2. The Kier molecular flexibility index (Phi) is 13.7. The third-order valence-corrected chi connectivity index (χ3v) is 4.46. The Labute approximate surface area is 179 Å². The summed E-state index contributed by atoms with van der Waals surface area (Å²) in [6, 6.07) is 3.98. The molecule has 0 heterocycles. The van der Waals surface area contributed by atoms with Gasteiger partial charge in [0.05, 0.1) is 6.61 Å². The lowest BCUT2D eigenvalue weighted by molar-refractivity contribution is 0.136. The number of unbranched alkanes of at least 4 members (excludes halogenated alkanes) is 4. The number of nitrogens with zero attached hydrogens (tertiary/aromatic N) is 1. The number of halogens is 2. The lowest BCUT2D eigenvalue weighted by atomic mass is 10.1. The molecule has 158 valence electrons. The Bertz CT molecular complexity index is 614. The van der Waals surface area contributed by atoms with Gasteiger partial charge >= 0.3 is 0 Å². The first-order chi connectivity index (χ1) is 13.6. The second-order valence-corrected chi connectivity index (χ2v) is 7.57. The molecule has 4 nitrogen and oxygen atoms in total. The normalized spacial score (nSPS) is 10.9. The van der Waals surface area contributed by atoms with Crippen LogP contribution < -0.4 is 9.47 Å². The maximum atomic E-state index is 6.02. The van der Waals surface area contributed by atoms with Gasteiger partial charge in [0.25, 0.3) is 0 Å². The summed E-state index contributed by atoms with van der Waals surface area (Å²) in [6.45, 7) is 7.94. The van der Waals surface area contributed by atoms with Crippen LogP contribution >= 0.6 is 23.2 Å². The minimum absolute atomic E-state index is 0.207. The molecule has 1 rings (SSSR count). The molecule has 0 fully saturated rings. The first-order valence-corrected chi connectivity index (χ1v) is 10.9. The van der Waals surface area contributed by atoms with Gasteiger partial charge in [-0.1, -0.05) is 55.0 Å². The molecule has 0 radical (unpaired) electrons. The zero-order valence-electron chi connectivity index (χ0n) is 17.3. The van der Waals surface area contributed by atoms with E-state index in [9.17, 15) is 0 Å². The lowest BCUT2D eigenvalue weighted by Gasteiger charge is -2.15.